The van der Waals surface area contributed by atoms with Gasteiger partial charge in [0, 0.05) is 11.6 Å². The van der Waals surface area contributed by atoms with Crippen molar-refractivity contribution in [1.82, 2.24) is 36.2 Å². The van der Waals surface area contributed by atoms with Crippen LogP contribution in [0.4, 0.5) is 4.79 Å². The van der Waals surface area contributed by atoms with Gasteiger partial charge < -0.3 is 15.4 Å². The fourth-order valence-corrected chi connectivity index (χ4v) is 3.41. The highest BCUT2D eigenvalue weighted by molar-refractivity contribution is 6.30. The molecular formula is C18H22ClN7O4. The van der Waals surface area contributed by atoms with Gasteiger partial charge in [-0.3, -0.25) is 14.5 Å². The van der Waals surface area contributed by atoms with Crippen LogP contribution in [-0.2, 0) is 16.0 Å². The number of hydrogen-bond acceptors (Lipinski definition) is 7. The smallest absolute Gasteiger partial charge is 0.325 e. The zero-order valence-electron chi connectivity index (χ0n) is 16.5. The number of aromatic amines is 1. The van der Waals surface area contributed by atoms with Crippen LogP contribution in [0.1, 0.15) is 30.8 Å². The number of amides is 4. The Hall–Kier alpha value is -3.21. The lowest BCUT2D eigenvalue weighted by atomic mass is 9.97. The predicted molar refractivity (Wildman–Crippen MR) is 106 cm³/mol. The lowest BCUT2D eigenvalue weighted by molar-refractivity contribution is -0.133. The molecule has 3 rings (SSSR count). The number of ether oxygens (including phenoxy) is 1. The first-order chi connectivity index (χ1) is 14.4. The van der Waals surface area contributed by atoms with Gasteiger partial charge in [-0.2, -0.15) is 5.21 Å². The van der Waals surface area contributed by atoms with Crippen molar-refractivity contribution < 1.29 is 19.1 Å². The minimum Gasteiger partial charge on any atom is -0.496 e. The molecule has 0 saturated carbocycles. The van der Waals surface area contributed by atoms with Crippen molar-refractivity contribution >= 4 is 29.4 Å². The van der Waals surface area contributed by atoms with E-state index in [2.05, 4.69) is 31.3 Å². The first kappa shape index (κ1) is 21.5. The Morgan fingerprint density at radius 3 is 2.90 bits per heavy atom. The molecule has 2 atom stereocenters. The molecule has 0 spiro atoms. The van der Waals surface area contributed by atoms with Crippen molar-refractivity contribution in [3.8, 4) is 5.75 Å². The van der Waals surface area contributed by atoms with Crippen LogP contribution in [0.5, 0.6) is 5.75 Å². The topological polar surface area (TPSA) is 142 Å². The molecule has 11 nitrogen and oxygen atoms in total. The summed E-state index contributed by atoms with van der Waals surface area (Å²) < 4.78 is 5.34. The number of halogens is 1. The molecular weight excluding hydrogens is 414 g/mol. The van der Waals surface area contributed by atoms with Gasteiger partial charge in [0.25, 0.3) is 0 Å². The number of aromatic nitrogens is 4. The highest BCUT2D eigenvalue weighted by Crippen LogP contribution is 2.26. The number of tetrazole rings is 1. The van der Waals surface area contributed by atoms with Crippen LogP contribution >= 0.6 is 11.6 Å². The quantitative estimate of drug-likeness (QED) is 0.610. The fraction of sp³-hybridized carbons (Fsp3) is 0.444. The molecule has 1 aromatic heterocycles. The van der Waals surface area contributed by atoms with Crippen LogP contribution in [0, 0.1) is 5.92 Å². The summed E-state index contributed by atoms with van der Waals surface area (Å²) in [7, 11) is 1.52. The number of carbonyl (C=O) groups excluding carboxylic acids is 3. The summed E-state index contributed by atoms with van der Waals surface area (Å²) in [5.41, 5.74) is 0.707. The van der Waals surface area contributed by atoms with E-state index in [0.29, 0.717) is 22.8 Å². The number of benzene rings is 1. The molecule has 3 N–H and O–H groups in total. The van der Waals surface area contributed by atoms with Gasteiger partial charge in [-0.25, -0.2) is 4.79 Å². The minimum absolute atomic E-state index is 0.0964. The van der Waals surface area contributed by atoms with Crippen molar-refractivity contribution in [2.45, 2.75) is 25.8 Å². The molecule has 0 radical (unpaired) electrons. The molecule has 0 aliphatic carbocycles. The molecule has 4 amide bonds. The number of nitrogens with zero attached hydrogens (tertiary/aromatic N) is 4. The summed E-state index contributed by atoms with van der Waals surface area (Å²) in [6.45, 7) is 1.54. The zero-order valence-corrected chi connectivity index (χ0v) is 17.3. The van der Waals surface area contributed by atoms with Gasteiger partial charge in [0.05, 0.1) is 19.1 Å². The van der Waals surface area contributed by atoms with E-state index in [0.717, 1.165) is 4.90 Å². The number of methoxy groups -OCH3 is 1. The third kappa shape index (κ3) is 4.85. The average Bonchev–Trinajstić information content (AvgIpc) is 3.22. The van der Waals surface area contributed by atoms with E-state index in [-0.39, 0.29) is 25.3 Å². The van der Waals surface area contributed by atoms with Crippen molar-refractivity contribution in [3.05, 3.63) is 34.6 Å². The first-order valence-electron chi connectivity index (χ1n) is 9.37. The third-order valence-corrected chi connectivity index (χ3v) is 5.03. The summed E-state index contributed by atoms with van der Waals surface area (Å²) in [5.74, 6) is -0.706. The van der Waals surface area contributed by atoms with E-state index in [1.165, 1.54) is 7.11 Å². The summed E-state index contributed by atoms with van der Waals surface area (Å²) in [5, 5.41) is 19.4. The van der Waals surface area contributed by atoms with Crippen molar-refractivity contribution in [2.24, 2.45) is 5.92 Å². The fourth-order valence-electron chi connectivity index (χ4n) is 3.22. The van der Waals surface area contributed by atoms with E-state index in [1.54, 1.807) is 18.2 Å². The van der Waals surface area contributed by atoms with E-state index >= 15 is 0 Å². The van der Waals surface area contributed by atoms with Gasteiger partial charge >= 0.3 is 6.03 Å². The number of urea groups is 1. The SMILES string of the molecule is CCC(NC(=O)N1CC(=O)NCC(Cc2cc(Cl)ccc2OC)C1=O)c1nn[nH]n1. The molecule has 1 aromatic carbocycles. The van der Waals surface area contributed by atoms with Crippen LogP contribution in [0.15, 0.2) is 18.2 Å². The molecule has 1 aliphatic heterocycles. The third-order valence-electron chi connectivity index (χ3n) is 4.80. The van der Waals surface area contributed by atoms with Gasteiger partial charge in [-0.15, -0.1) is 10.2 Å². The molecule has 2 aromatic rings. The molecule has 1 saturated heterocycles. The molecule has 0 bridgehead atoms. The van der Waals surface area contributed by atoms with Gasteiger partial charge in [0.15, 0.2) is 5.82 Å². The maximum Gasteiger partial charge on any atom is 0.325 e. The van der Waals surface area contributed by atoms with Crippen molar-refractivity contribution in [1.29, 1.82) is 0 Å². The maximum absolute atomic E-state index is 13.1. The molecule has 12 heteroatoms. The molecule has 30 heavy (non-hydrogen) atoms. The van der Waals surface area contributed by atoms with E-state index in [1.807, 2.05) is 6.92 Å². The second-order valence-corrected chi connectivity index (χ2v) is 7.20. The van der Waals surface area contributed by atoms with E-state index in [4.69, 9.17) is 16.3 Å². The van der Waals surface area contributed by atoms with Crippen LogP contribution in [0.3, 0.4) is 0 Å². The largest absolute Gasteiger partial charge is 0.496 e. The summed E-state index contributed by atoms with van der Waals surface area (Å²) >= 11 is 6.08. The Morgan fingerprint density at radius 1 is 1.43 bits per heavy atom. The van der Waals surface area contributed by atoms with Crippen LogP contribution in [0.2, 0.25) is 5.02 Å². The summed E-state index contributed by atoms with van der Waals surface area (Å²) in [6.07, 6.45) is 0.720. The normalized spacial score (nSPS) is 17.8. The van der Waals surface area contributed by atoms with Gasteiger partial charge in [0.1, 0.15) is 12.3 Å². The molecule has 2 heterocycles. The number of hydrogen-bond donors (Lipinski definition) is 3. The average molecular weight is 436 g/mol. The number of nitrogens with one attached hydrogen (secondary N) is 3. The molecule has 1 aliphatic rings. The number of carbonyl (C=O) groups is 3. The Labute approximate surface area is 177 Å². The Kier molecular flexibility index (Phi) is 6.83. The summed E-state index contributed by atoms with van der Waals surface area (Å²) in [6, 6.07) is 3.84. The number of H-pyrrole nitrogens is 1. The first-order valence-corrected chi connectivity index (χ1v) is 9.75. The Balaban J connectivity index is 1.79. The lowest BCUT2D eigenvalue weighted by Crippen LogP contribution is -2.48. The minimum atomic E-state index is -0.697. The summed E-state index contributed by atoms with van der Waals surface area (Å²) in [4.78, 5) is 39.0. The van der Waals surface area contributed by atoms with Crippen LogP contribution in [-0.4, -0.2) is 63.6 Å². The maximum atomic E-state index is 13.1. The van der Waals surface area contributed by atoms with E-state index < -0.39 is 29.8 Å². The van der Waals surface area contributed by atoms with Crippen LogP contribution < -0.4 is 15.4 Å². The van der Waals surface area contributed by atoms with Crippen LogP contribution in [0.25, 0.3) is 0 Å². The second kappa shape index (κ2) is 9.53. The van der Waals surface area contributed by atoms with Crippen molar-refractivity contribution in [2.75, 3.05) is 20.2 Å². The van der Waals surface area contributed by atoms with Gasteiger partial charge in [-0.1, -0.05) is 23.7 Å². The lowest BCUT2D eigenvalue weighted by Gasteiger charge is -2.24. The van der Waals surface area contributed by atoms with Gasteiger partial charge in [0.2, 0.25) is 11.8 Å². The molecule has 1 fully saturated rings. The monoisotopic (exact) mass is 435 g/mol. The van der Waals surface area contributed by atoms with Crippen molar-refractivity contribution in [3.63, 3.8) is 0 Å². The van der Waals surface area contributed by atoms with E-state index in [9.17, 15) is 14.4 Å². The predicted octanol–water partition coefficient (Wildman–Crippen LogP) is 0.840. The Bertz CT molecular complexity index is 921. The highest BCUT2D eigenvalue weighted by Gasteiger charge is 2.35. The van der Waals surface area contributed by atoms with Gasteiger partial charge in [-0.05, 0) is 36.6 Å². The number of imide groups is 1. The Morgan fingerprint density at radius 2 is 2.23 bits per heavy atom. The second-order valence-electron chi connectivity index (χ2n) is 6.77. The molecule has 160 valence electrons. The zero-order chi connectivity index (χ0) is 21.7. The number of rotatable bonds is 6. The molecule has 2 unspecified atom stereocenters. The standard InChI is InChI=1S/C18H22ClN7O4/c1-3-13(16-22-24-25-23-16)21-18(29)26-9-15(27)20-8-11(17(26)28)6-10-7-12(19)4-5-14(10)30-2/h4-5,7,11,13H,3,6,8-9H2,1-2H3,(H,20,27)(H,21,29)(H,22,23,24,25). The highest BCUT2D eigenvalue weighted by atomic mass is 35.5.